The Morgan fingerprint density at radius 3 is 2.35 bits per heavy atom. The van der Waals surface area contributed by atoms with Gasteiger partial charge in [-0.3, -0.25) is 4.79 Å². The van der Waals surface area contributed by atoms with Crippen LogP contribution in [0.3, 0.4) is 0 Å². The predicted octanol–water partition coefficient (Wildman–Crippen LogP) is 4.54. The number of rotatable bonds is 6. The van der Waals surface area contributed by atoms with E-state index in [2.05, 4.69) is 39.9 Å². The monoisotopic (exact) mass is 455 g/mol. The van der Waals surface area contributed by atoms with E-state index in [0.29, 0.717) is 26.1 Å². The average Bonchev–Trinajstić information content (AvgIpc) is 3.29. The fourth-order valence-electron chi connectivity index (χ4n) is 4.58. The number of carbonyl (C=O) groups is 1. The molecule has 1 amide bonds. The molecule has 5 rings (SSSR count). The number of anilines is 1. The molecule has 1 saturated heterocycles. The van der Waals surface area contributed by atoms with Crippen molar-refractivity contribution in [2.45, 2.75) is 20.3 Å². The van der Waals surface area contributed by atoms with Crippen molar-refractivity contribution in [2.75, 3.05) is 37.7 Å². The van der Waals surface area contributed by atoms with Gasteiger partial charge in [-0.05, 0) is 36.8 Å². The maximum Gasteiger partial charge on any atom is 0.222 e. The highest BCUT2D eigenvalue weighted by Crippen LogP contribution is 2.37. The van der Waals surface area contributed by atoms with Gasteiger partial charge in [0.15, 0.2) is 5.65 Å². The standard InChI is InChI=1S/C27H29N5O2/c1-3-24(33)30-14-16-31(17-15-30)26-25-23(20-8-6-5-7-9-20)18-32(27(25)29-19-28-26)21-10-12-22(13-11-21)34-4-2/h5-13,18-19H,3-4,14-17H2,1-2H3. The molecule has 4 aromatic rings. The van der Waals surface area contributed by atoms with Gasteiger partial charge in [-0.2, -0.15) is 0 Å². The summed E-state index contributed by atoms with van der Waals surface area (Å²) in [6.45, 7) is 7.45. The maximum atomic E-state index is 12.2. The molecule has 1 aliphatic heterocycles. The Labute approximate surface area is 199 Å². The molecule has 174 valence electrons. The van der Waals surface area contributed by atoms with Gasteiger partial charge in [-0.1, -0.05) is 37.3 Å². The van der Waals surface area contributed by atoms with E-state index in [9.17, 15) is 4.79 Å². The summed E-state index contributed by atoms with van der Waals surface area (Å²) in [7, 11) is 0. The summed E-state index contributed by atoms with van der Waals surface area (Å²) >= 11 is 0. The van der Waals surface area contributed by atoms with Crippen LogP contribution in [0, 0.1) is 0 Å². The SMILES string of the molecule is CCOc1ccc(-n2cc(-c3ccccc3)c3c(N4CCN(C(=O)CC)CC4)ncnc32)cc1. The minimum atomic E-state index is 0.208. The van der Waals surface area contributed by atoms with E-state index in [0.717, 1.165) is 52.5 Å². The minimum absolute atomic E-state index is 0.208. The number of ether oxygens (including phenoxy) is 1. The first-order chi connectivity index (χ1) is 16.7. The average molecular weight is 456 g/mol. The van der Waals surface area contributed by atoms with Gasteiger partial charge in [0.05, 0.1) is 12.0 Å². The van der Waals surface area contributed by atoms with Crippen LogP contribution in [0.25, 0.3) is 27.8 Å². The first kappa shape index (κ1) is 21.9. The zero-order chi connectivity index (χ0) is 23.5. The fourth-order valence-corrected chi connectivity index (χ4v) is 4.58. The number of piperazine rings is 1. The van der Waals surface area contributed by atoms with Crippen molar-refractivity contribution in [3.63, 3.8) is 0 Å². The van der Waals surface area contributed by atoms with E-state index in [1.54, 1.807) is 6.33 Å². The third-order valence-corrected chi connectivity index (χ3v) is 6.31. The number of benzene rings is 2. The molecule has 0 aliphatic carbocycles. The van der Waals surface area contributed by atoms with E-state index < -0.39 is 0 Å². The molecule has 0 radical (unpaired) electrons. The van der Waals surface area contributed by atoms with E-state index >= 15 is 0 Å². The lowest BCUT2D eigenvalue weighted by atomic mass is 10.1. The van der Waals surface area contributed by atoms with Crippen molar-refractivity contribution >= 4 is 22.8 Å². The number of hydrogen-bond acceptors (Lipinski definition) is 5. The summed E-state index contributed by atoms with van der Waals surface area (Å²) < 4.78 is 7.74. The molecule has 3 heterocycles. The second kappa shape index (κ2) is 9.55. The normalized spacial score (nSPS) is 13.9. The zero-order valence-electron chi connectivity index (χ0n) is 19.6. The van der Waals surface area contributed by atoms with Gasteiger partial charge in [-0.15, -0.1) is 0 Å². The van der Waals surface area contributed by atoms with Crippen molar-refractivity contribution in [1.29, 1.82) is 0 Å². The van der Waals surface area contributed by atoms with Crippen LogP contribution in [-0.2, 0) is 4.79 Å². The van der Waals surface area contributed by atoms with Gasteiger partial charge in [0.2, 0.25) is 5.91 Å². The topological polar surface area (TPSA) is 63.5 Å². The molecule has 1 fully saturated rings. The van der Waals surface area contributed by atoms with Crippen LogP contribution >= 0.6 is 0 Å². The Kier molecular flexibility index (Phi) is 6.16. The lowest BCUT2D eigenvalue weighted by Gasteiger charge is -2.35. The summed E-state index contributed by atoms with van der Waals surface area (Å²) in [5.74, 6) is 1.97. The van der Waals surface area contributed by atoms with Crippen molar-refractivity contribution in [1.82, 2.24) is 19.4 Å². The van der Waals surface area contributed by atoms with E-state index in [1.165, 1.54) is 0 Å². The molecule has 0 unspecified atom stereocenters. The van der Waals surface area contributed by atoms with Crippen LogP contribution in [0.15, 0.2) is 67.1 Å². The molecule has 2 aromatic carbocycles. The molecule has 34 heavy (non-hydrogen) atoms. The molecule has 0 saturated carbocycles. The van der Waals surface area contributed by atoms with Crippen LogP contribution < -0.4 is 9.64 Å². The van der Waals surface area contributed by atoms with Crippen LogP contribution in [-0.4, -0.2) is 58.1 Å². The van der Waals surface area contributed by atoms with Crippen LogP contribution in [0.1, 0.15) is 20.3 Å². The molecule has 0 N–H and O–H groups in total. The Balaban J connectivity index is 1.60. The van der Waals surface area contributed by atoms with Crippen molar-refractivity contribution in [3.05, 3.63) is 67.1 Å². The summed E-state index contributed by atoms with van der Waals surface area (Å²) in [4.78, 5) is 25.8. The molecular weight excluding hydrogens is 426 g/mol. The van der Waals surface area contributed by atoms with Crippen molar-refractivity contribution < 1.29 is 9.53 Å². The van der Waals surface area contributed by atoms with Gasteiger partial charge < -0.3 is 19.1 Å². The highest BCUT2D eigenvalue weighted by molar-refractivity contribution is 6.02. The third kappa shape index (κ3) is 4.09. The molecule has 7 heteroatoms. The number of aromatic nitrogens is 3. The summed E-state index contributed by atoms with van der Waals surface area (Å²) in [6.07, 6.45) is 4.33. The summed E-state index contributed by atoms with van der Waals surface area (Å²) in [6, 6.07) is 18.4. The van der Waals surface area contributed by atoms with Gasteiger partial charge in [-0.25, -0.2) is 9.97 Å². The van der Waals surface area contributed by atoms with Crippen LogP contribution in [0.4, 0.5) is 5.82 Å². The second-order valence-electron chi connectivity index (χ2n) is 8.32. The quantitative estimate of drug-likeness (QED) is 0.427. The van der Waals surface area contributed by atoms with Gasteiger partial charge in [0.1, 0.15) is 17.9 Å². The van der Waals surface area contributed by atoms with E-state index in [1.807, 2.05) is 49.1 Å². The Hall–Kier alpha value is -3.87. The Morgan fingerprint density at radius 2 is 1.68 bits per heavy atom. The van der Waals surface area contributed by atoms with Crippen LogP contribution in [0.5, 0.6) is 5.75 Å². The molecule has 2 aromatic heterocycles. The van der Waals surface area contributed by atoms with Gasteiger partial charge >= 0.3 is 0 Å². The molecular formula is C27H29N5O2. The number of fused-ring (bicyclic) bond motifs is 1. The summed E-state index contributed by atoms with van der Waals surface area (Å²) in [5, 5.41) is 1.03. The highest BCUT2D eigenvalue weighted by atomic mass is 16.5. The molecule has 0 atom stereocenters. The maximum absolute atomic E-state index is 12.2. The van der Waals surface area contributed by atoms with Crippen molar-refractivity contribution in [3.8, 4) is 22.6 Å². The minimum Gasteiger partial charge on any atom is -0.494 e. The number of carbonyl (C=O) groups excluding carboxylic acids is 1. The van der Waals surface area contributed by atoms with E-state index in [4.69, 9.17) is 14.7 Å². The first-order valence-electron chi connectivity index (χ1n) is 11.9. The smallest absolute Gasteiger partial charge is 0.222 e. The largest absolute Gasteiger partial charge is 0.494 e. The lowest BCUT2D eigenvalue weighted by molar-refractivity contribution is -0.131. The molecule has 0 bridgehead atoms. The van der Waals surface area contributed by atoms with Gasteiger partial charge in [0.25, 0.3) is 0 Å². The van der Waals surface area contributed by atoms with Crippen LogP contribution in [0.2, 0.25) is 0 Å². The molecule has 1 aliphatic rings. The molecule has 0 spiro atoms. The van der Waals surface area contributed by atoms with E-state index in [-0.39, 0.29) is 5.91 Å². The number of amides is 1. The van der Waals surface area contributed by atoms with Gasteiger partial charge in [0, 0.05) is 50.0 Å². The zero-order valence-corrected chi connectivity index (χ0v) is 19.6. The summed E-state index contributed by atoms with van der Waals surface area (Å²) in [5.41, 5.74) is 4.08. The van der Waals surface area contributed by atoms with Crippen molar-refractivity contribution in [2.24, 2.45) is 0 Å². The molecule has 7 nitrogen and oxygen atoms in total. The first-order valence-corrected chi connectivity index (χ1v) is 11.9. The number of nitrogens with zero attached hydrogens (tertiary/aromatic N) is 5. The highest BCUT2D eigenvalue weighted by Gasteiger charge is 2.25. The predicted molar refractivity (Wildman–Crippen MR) is 135 cm³/mol. The number of hydrogen-bond donors (Lipinski definition) is 0. The lowest BCUT2D eigenvalue weighted by Crippen LogP contribution is -2.48. The third-order valence-electron chi connectivity index (χ3n) is 6.31. The fraction of sp³-hybridized carbons (Fsp3) is 0.296. The Bertz CT molecular complexity index is 1280. The second-order valence-corrected chi connectivity index (χ2v) is 8.32. The Morgan fingerprint density at radius 1 is 0.941 bits per heavy atom.